The van der Waals surface area contributed by atoms with Gasteiger partial charge in [-0.1, -0.05) is 13.8 Å². The Bertz CT molecular complexity index is 249. The largest absolute Gasteiger partial charge is 0.301 e. The van der Waals surface area contributed by atoms with Crippen molar-refractivity contribution in [3.8, 4) is 0 Å². The molecule has 1 saturated heterocycles. The van der Waals surface area contributed by atoms with Gasteiger partial charge >= 0.3 is 0 Å². The molecule has 0 aromatic carbocycles. The fourth-order valence-electron chi connectivity index (χ4n) is 3.26. The third kappa shape index (κ3) is 4.06. The van der Waals surface area contributed by atoms with Crippen LogP contribution in [0.15, 0.2) is 0 Å². The Balaban J connectivity index is 1.69. The highest BCUT2D eigenvalue weighted by Gasteiger charge is 2.25. The van der Waals surface area contributed by atoms with Crippen molar-refractivity contribution >= 4 is 10.8 Å². The molecule has 3 heteroatoms. The molecule has 0 bridgehead atoms. The molecule has 2 aliphatic rings. The summed E-state index contributed by atoms with van der Waals surface area (Å²) in [6.07, 6.45) is 5.70. The molecule has 0 amide bonds. The van der Waals surface area contributed by atoms with Gasteiger partial charge in [-0.25, -0.2) is 0 Å². The summed E-state index contributed by atoms with van der Waals surface area (Å²) in [6.45, 7) is 8.13. The van der Waals surface area contributed by atoms with Gasteiger partial charge in [-0.05, 0) is 43.4 Å². The standard InChI is InChI=1S/C14H27NOS/c1-12(2)14-5-3-13(4-6-14)11-15-7-9-17(16)10-8-15/h12-14H,3-11H2,1-2H3. The Morgan fingerprint density at radius 3 is 2.24 bits per heavy atom. The molecule has 17 heavy (non-hydrogen) atoms. The van der Waals surface area contributed by atoms with Gasteiger partial charge in [0, 0.05) is 41.9 Å². The lowest BCUT2D eigenvalue weighted by Gasteiger charge is -2.35. The lowest BCUT2D eigenvalue weighted by molar-refractivity contribution is 0.170. The Morgan fingerprint density at radius 1 is 1.12 bits per heavy atom. The average Bonchev–Trinajstić information content (AvgIpc) is 2.33. The summed E-state index contributed by atoms with van der Waals surface area (Å²) in [5.41, 5.74) is 0. The fourth-order valence-corrected chi connectivity index (χ4v) is 4.39. The van der Waals surface area contributed by atoms with Gasteiger partial charge in [0.2, 0.25) is 0 Å². The van der Waals surface area contributed by atoms with Crippen LogP contribution in [-0.4, -0.2) is 40.2 Å². The maximum atomic E-state index is 11.3. The van der Waals surface area contributed by atoms with Crippen molar-refractivity contribution in [3.63, 3.8) is 0 Å². The van der Waals surface area contributed by atoms with Gasteiger partial charge in [0.25, 0.3) is 0 Å². The molecule has 1 aliphatic heterocycles. The van der Waals surface area contributed by atoms with Crippen LogP contribution < -0.4 is 0 Å². The Labute approximate surface area is 109 Å². The minimum atomic E-state index is -0.521. The van der Waals surface area contributed by atoms with Crippen LogP contribution >= 0.6 is 0 Å². The normalized spacial score (nSPS) is 33.1. The summed E-state index contributed by atoms with van der Waals surface area (Å²) >= 11 is 0. The first kappa shape index (κ1) is 13.5. The second-order valence-corrected chi connectivity index (χ2v) is 7.87. The predicted octanol–water partition coefficient (Wildman–Crippen LogP) is 2.51. The van der Waals surface area contributed by atoms with Crippen molar-refractivity contribution < 1.29 is 4.21 Å². The van der Waals surface area contributed by atoms with E-state index in [0.717, 1.165) is 42.3 Å². The number of hydrogen-bond donors (Lipinski definition) is 0. The van der Waals surface area contributed by atoms with Crippen molar-refractivity contribution in [2.24, 2.45) is 17.8 Å². The number of hydrogen-bond acceptors (Lipinski definition) is 2. The highest BCUT2D eigenvalue weighted by Crippen LogP contribution is 2.33. The highest BCUT2D eigenvalue weighted by molar-refractivity contribution is 7.85. The van der Waals surface area contributed by atoms with E-state index in [-0.39, 0.29) is 0 Å². The Morgan fingerprint density at radius 2 is 1.71 bits per heavy atom. The number of rotatable bonds is 3. The van der Waals surface area contributed by atoms with Crippen LogP contribution in [0.4, 0.5) is 0 Å². The van der Waals surface area contributed by atoms with Gasteiger partial charge in [0.05, 0.1) is 0 Å². The molecule has 0 radical (unpaired) electrons. The molecular weight excluding hydrogens is 230 g/mol. The van der Waals surface area contributed by atoms with Gasteiger partial charge < -0.3 is 4.90 Å². The fraction of sp³-hybridized carbons (Fsp3) is 1.00. The molecule has 1 saturated carbocycles. The first-order valence-corrected chi connectivity index (χ1v) is 8.71. The molecule has 2 nitrogen and oxygen atoms in total. The first-order chi connectivity index (χ1) is 8.15. The molecule has 0 aromatic heterocycles. The third-order valence-corrected chi connectivity index (χ3v) is 5.90. The van der Waals surface area contributed by atoms with E-state index in [4.69, 9.17) is 0 Å². The van der Waals surface area contributed by atoms with Crippen LogP contribution in [0.5, 0.6) is 0 Å². The zero-order valence-electron chi connectivity index (χ0n) is 11.4. The van der Waals surface area contributed by atoms with Gasteiger partial charge in [-0.15, -0.1) is 0 Å². The summed E-state index contributed by atoms with van der Waals surface area (Å²) < 4.78 is 11.3. The lowest BCUT2D eigenvalue weighted by Crippen LogP contribution is -2.41. The van der Waals surface area contributed by atoms with Crippen molar-refractivity contribution in [3.05, 3.63) is 0 Å². The molecule has 0 atom stereocenters. The Kier molecular flexibility index (Phi) is 5.04. The maximum absolute atomic E-state index is 11.3. The average molecular weight is 257 g/mol. The monoisotopic (exact) mass is 257 g/mol. The highest BCUT2D eigenvalue weighted by atomic mass is 32.2. The SMILES string of the molecule is CC(C)C1CCC(CN2CCS(=O)CC2)CC1. The third-order valence-electron chi connectivity index (χ3n) is 4.62. The minimum Gasteiger partial charge on any atom is -0.301 e. The molecular formula is C14H27NOS. The van der Waals surface area contributed by atoms with Gasteiger partial charge in [0.1, 0.15) is 0 Å². The lowest BCUT2D eigenvalue weighted by atomic mass is 9.77. The van der Waals surface area contributed by atoms with Crippen LogP contribution in [0.2, 0.25) is 0 Å². The summed E-state index contributed by atoms with van der Waals surface area (Å²) in [6, 6.07) is 0. The van der Waals surface area contributed by atoms with Crippen molar-refractivity contribution in [2.45, 2.75) is 39.5 Å². The van der Waals surface area contributed by atoms with Gasteiger partial charge in [-0.3, -0.25) is 4.21 Å². The van der Waals surface area contributed by atoms with Crippen molar-refractivity contribution in [2.75, 3.05) is 31.1 Å². The van der Waals surface area contributed by atoms with E-state index in [9.17, 15) is 4.21 Å². The van der Waals surface area contributed by atoms with E-state index in [1.165, 1.54) is 32.2 Å². The zero-order valence-corrected chi connectivity index (χ0v) is 12.2. The quantitative estimate of drug-likeness (QED) is 0.774. The second kappa shape index (κ2) is 6.33. The summed E-state index contributed by atoms with van der Waals surface area (Å²) in [7, 11) is -0.521. The van der Waals surface area contributed by atoms with Crippen LogP contribution in [0.3, 0.4) is 0 Å². The molecule has 0 spiro atoms. The topological polar surface area (TPSA) is 20.3 Å². The molecule has 100 valence electrons. The van der Waals surface area contributed by atoms with E-state index < -0.39 is 10.8 Å². The van der Waals surface area contributed by atoms with Crippen LogP contribution in [-0.2, 0) is 10.8 Å². The van der Waals surface area contributed by atoms with E-state index in [2.05, 4.69) is 18.7 Å². The van der Waals surface area contributed by atoms with Crippen LogP contribution in [0.25, 0.3) is 0 Å². The van der Waals surface area contributed by atoms with Crippen LogP contribution in [0, 0.1) is 17.8 Å². The van der Waals surface area contributed by atoms with Gasteiger partial charge in [-0.2, -0.15) is 0 Å². The van der Waals surface area contributed by atoms with Gasteiger partial charge in [0.15, 0.2) is 0 Å². The predicted molar refractivity (Wildman–Crippen MR) is 74.6 cm³/mol. The first-order valence-electron chi connectivity index (χ1n) is 7.22. The van der Waals surface area contributed by atoms with E-state index in [1.54, 1.807) is 0 Å². The van der Waals surface area contributed by atoms with Crippen molar-refractivity contribution in [1.29, 1.82) is 0 Å². The molecule has 0 aromatic rings. The smallest absolute Gasteiger partial charge is 0.0363 e. The second-order valence-electron chi connectivity index (χ2n) is 6.17. The van der Waals surface area contributed by atoms with Crippen molar-refractivity contribution in [1.82, 2.24) is 4.90 Å². The van der Waals surface area contributed by atoms with Crippen LogP contribution in [0.1, 0.15) is 39.5 Å². The molecule has 1 aliphatic carbocycles. The van der Waals surface area contributed by atoms with E-state index in [0.29, 0.717) is 0 Å². The summed E-state index contributed by atoms with van der Waals surface area (Å²) in [5, 5.41) is 0. The van der Waals surface area contributed by atoms with E-state index in [1.807, 2.05) is 0 Å². The summed E-state index contributed by atoms with van der Waals surface area (Å²) in [4.78, 5) is 2.54. The zero-order chi connectivity index (χ0) is 12.3. The number of nitrogens with zero attached hydrogens (tertiary/aromatic N) is 1. The molecule has 2 fully saturated rings. The molecule has 0 unspecified atom stereocenters. The Hall–Kier alpha value is 0.110. The maximum Gasteiger partial charge on any atom is 0.0363 e. The molecule has 2 rings (SSSR count). The molecule has 1 heterocycles. The minimum absolute atomic E-state index is 0.521. The summed E-state index contributed by atoms with van der Waals surface area (Å²) in [5.74, 6) is 4.56. The van der Waals surface area contributed by atoms with E-state index >= 15 is 0 Å². The molecule has 0 N–H and O–H groups in total.